The fourth-order valence-electron chi connectivity index (χ4n) is 1.37. The summed E-state index contributed by atoms with van der Waals surface area (Å²) in [5, 5.41) is 6.63. The molecule has 0 bridgehead atoms. The van der Waals surface area contributed by atoms with Gasteiger partial charge in [0.2, 0.25) is 0 Å². The molecule has 2 rings (SSSR count). The maximum atomic E-state index is 11.2. The fraction of sp³-hybridized carbons (Fsp3) is 0.429. The number of nitrogens with zero attached hydrogens (tertiary/aromatic N) is 2. The van der Waals surface area contributed by atoms with E-state index < -0.39 is 0 Å². The Hall–Kier alpha value is -1.36. The van der Waals surface area contributed by atoms with Crippen LogP contribution in [0.15, 0.2) is 6.20 Å². The van der Waals surface area contributed by atoms with E-state index >= 15 is 0 Å². The van der Waals surface area contributed by atoms with Crippen LogP contribution in [0.2, 0.25) is 0 Å². The van der Waals surface area contributed by atoms with Gasteiger partial charge in [-0.3, -0.25) is 9.48 Å². The summed E-state index contributed by atoms with van der Waals surface area (Å²) in [7, 11) is 3.33. The van der Waals surface area contributed by atoms with Crippen LogP contribution in [-0.4, -0.2) is 22.8 Å². The van der Waals surface area contributed by atoms with E-state index in [0.29, 0.717) is 5.56 Å². The minimum Gasteiger partial charge on any atom is -0.356 e. The van der Waals surface area contributed by atoms with Gasteiger partial charge >= 0.3 is 0 Å². The summed E-state index contributed by atoms with van der Waals surface area (Å²) in [6, 6.07) is 0. The topological polar surface area (TPSA) is 56.1 Å². The molecule has 12 heavy (non-hydrogen) atoms. The van der Waals surface area contributed by atoms with Gasteiger partial charge in [-0.05, 0) is 0 Å². The predicted octanol–water partition coefficient (Wildman–Crippen LogP) is -0.192. The van der Waals surface area contributed by atoms with Crippen molar-refractivity contribution in [3.8, 4) is 0 Å². The zero-order valence-corrected chi connectivity index (χ0v) is 6.87. The first-order valence-electron chi connectivity index (χ1n) is 3.59. The number of nitrogens with one attached hydrogen (secondary N) is 1. The highest BCUT2D eigenvalue weighted by atomic mass is 16.5. The van der Waals surface area contributed by atoms with Gasteiger partial charge in [0, 0.05) is 14.2 Å². The molecular weight excluding hydrogens is 158 g/mol. The van der Waals surface area contributed by atoms with Gasteiger partial charge in [-0.25, -0.2) is 0 Å². The standard InChI is InChI=1S/C7H9N3O2/c1-10-5-4(3-8-10)6(11)9-7(5)12-2/h3,7H,1-2H3,(H,9,11). The number of amides is 1. The summed E-state index contributed by atoms with van der Waals surface area (Å²) in [6.07, 6.45) is 1.20. The van der Waals surface area contributed by atoms with Crippen molar-refractivity contribution >= 4 is 5.91 Å². The summed E-state index contributed by atoms with van der Waals surface area (Å²) in [6.45, 7) is 0. The lowest BCUT2D eigenvalue weighted by atomic mass is 10.3. The van der Waals surface area contributed by atoms with Crippen molar-refractivity contribution in [1.29, 1.82) is 0 Å². The molecule has 1 amide bonds. The average molecular weight is 167 g/mol. The Bertz CT molecular complexity index is 331. The summed E-state index contributed by atoms with van der Waals surface area (Å²) >= 11 is 0. The van der Waals surface area contributed by atoms with E-state index in [9.17, 15) is 4.79 Å². The van der Waals surface area contributed by atoms with E-state index in [4.69, 9.17) is 4.74 Å². The van der Waals surface area contributed by atoms with E-state index in [1.54, 1.807) is 25.0 Å². The van der Waals surface area contributed by atoms with E-state index in [1.165, 1.54) is 0 Å². The van der Waals surface area contributed by atoms with Crippen LogP contribution in [0.3, 0.4) is 0 Å². The lowest BCUT2D eigenvalue weighted by molar-refractivity contribution is 0.0631. The van der Waals surface area contributed by atoms with Gasteiger partial charge in [0.1, 0.15) is 5.69 Å². The first-order chi connectivity index (χ1) is 5.74. The first kappa shape index (κ1) is 7.30. The average Bonchev–Trinajstić information content (AvgIpc) is 2.56. The molecule has 1 unspecified atom stereocenters. The van der Waals surface area contributed by atoms with Crippen molar-refractivity contribution in [2.45, 2.75) is 6.23 Å². The third kappa shape index (κ3) is 0.767. The molecule has 1 aliphatic rings. The number of carbonyl (C=O) groups is 1. The van der Waals surface area contributed by atoms with Crippen molar-refractivity contribution in [3.05, 3.63) is 17.5 Å². The number of rotatable bonds is 1. The van der Waals surface area contributed by atoms with Crippen LogP contribution in [0.1, 0.15) is 22.3 Å². The second kappa shape index (κ2) is 2.31. The second-order valence-corrected chi connectivity index (χ2v) is 2.66. The summed E-state index contributed by atoms with van der Waals surface area (Å²) in [5.74, 6) is -0.120. The number of aromatic nitrogens is 2. The number of ether oxygens (including phenoxy) is 1. The molecule has 1 atom stereocenters. The number of hydrogen-bond acceptors (Lipinski definition) is 3. The summed E-state index contributed by atoms with van der Waals surface area (Å²) in [4.78, 5) is 11.2. The second-order valence-electron chi connectivity index (χ2n) is 2.66. The molecule has 0 spiro atoms. The minimum atomic E-state index is -0.347. The smallest absolute Gasteiger partial charge is 0.257 e. The quantitative estimate of drug-likeness (QED) is 0.630. The van der Waals surface area contributed by atoms with E-state index in [-0.39, 0.29) is 12.1 Å². The van der Waals surface area contributed by atoms with Crippen LogP contribution in [0, 0.1) is 0 Å². The third-order valence-corrected chi connectivity index (χ3v) is 1.98. The van der Waals surface area contributed by atoms with E-state index in [2.05, 4.69) is 10.4 Å². The Labute approximate surface area is 69.3 Å². The highest BCUT2D eigenvalue weighted by Crippen LogP contribution is 2.24. The third-order valence-electron chi connectivity index (χ3n) is 1.98. The molecule has 2 heterocycles. The molecule has 5 heteroatoms. The van der Waals surface area contributed by atoms with Gasteiger partial charge in [0.05, 0.1) is 11.8 Å². The van der Waals surface area contributed by atoms with Gasteiger partial charge < -0.3 is 10.1 Å². The molecule has 0 fully saturated rings. The Kier molecular flexibility index (Phi) is 1.41. The van der Waals surface area contributed by atoms with Crippen molar-refractivity contribution in [2.75, 3.05) is 7.11 Å². The Morgan fingerprint density at radius 3 is 3.17 bits per heavy atom. The van der Waals surface area contributed by atoms with Gasteiger partial charge in [0.25, 0.3) is 5.91 Å². The Morgan fingerprint density at radius 1 is 1.75 bits per heavy atom. The highest BCUT2D eigenvalue weighted by molar-refractivity contribution is 5.98. The van der Waals surface area contributed by atoms with E-state index in [1.807, 2.05) is 0 Å². The number of methoxy groups -OCH3 is 1. The lowest BCUT2D eigenvalue weighted by Crippen LogP contribution is -2.22. The zero-order valence-electron chi connectivity index (χ0n) is 6.87. The number of aryl methyl sites for hydroxylation is 1. The van der Waals surface area contributed by atoms with Crippen LogP contribution in [0.5, 0.6) is 0 Å². The highest BCUT2D eigenvalue weighted by Gasteiger charge is 2.31. The maximum absolute atomic E-state index is 11.2. The molecule has 0 saturated carbocycles. The van der Waals surface area contributed by atoms with Crippen LogP contribution >= 0.6 is 0 Å². The normalized spacial score (nSPS) is 20.8. The number of carbonyl (C=O) groups excluding carboxylic acids is 1. The van der Waals surface area contributed by atoms with Crippen LogP contribution in [-0.2, 0) is 11.8 Å². The van der Waals surface area contributed by atoms with E-state index in [0.717, 1.165) is 5.69 Å². The molecule has 1 N–H and O–H groups in total. The molecule has 1 aliphatic heterocycles. The van der Waals surface area contributed by atoms with Gasteiger partial charge in [-0.1, -0.05) is 0 Å². The fourth-order valence-corrected chi connectivity index (χ4v) is 1.37. The van der Waals surface area contributed by atoms with Crippen molar-refractivity contribution in [3.63, 3.8) is 0 Å². The lowest BCUT2D eigenvalue weighted by Gasteiger charge is -2.09. The number of fused-ring (bicyclic) bond motifs is 1. The molecule has 0 aliphatic carbocycles. The zero-order chi connectivity index (χ0) is 8.72. The van der Waals surface area contributed by atoms with Gasteiger partial charge in [0.15, 0.2) is 6.23 Å². The Balaban J connectivity index is 2.52. The van der Waals surface area contributed by atoms with Crippen molar-refractivity contribution in [2.24, 2.45) is 7.05 Å². The monoisotopic (exact) mass is 167 g/mol. The molecule has 64 valence electrons. The molecule has 1 aromatic rings. The molecule has 0 aromatic carbocycles. The molecule has 1 aromatic heterocycles. The summed E-state index contributed by atoms with van der Waals surface area (Å²) < 4.78 is 6.69. The Morgan fingerprint density at radius 2 is 2.50 bits per heavy atom. The molecule has 5 nitrogen and oxygen atoms in total. The number of hydrogen-bond donors (Lipinski definition) is 1. The molecular formula is C7H9N3O2. The van der Waals surface area contributed by atoms with Crippen molar-refractivity contribution < 1.29 is 9.53 Å². The van der Waals surface area contributed by atoms with Crippen molar-refractivity contribution in [1.82, 2.24) is 15.1 Å². The molecule has 0 radical (unpaired) electrons. The molecule has 0 saturated heterocycles. The minimum absolute atomic E-state index is 0.120. The SMILES string of the molecule is COC1NC(=O)c2cnn(C)c21. The largest absolute Gasteiger partial charge is 0.356 e. The maximum Gasteiger partial charge on any atom is 0.257 e. The van der Waals surface area contributed by atoms with Gasteiger partial charge in [-0.15, -0.1) is 0 Å². The van der Waals surface area contributed by atoms with Crippen LogP contribution in [0.25, 0.3) is 0 Å². The van der Waals surface area contributed by atoms with Crippen LogP contribution < -0.4 is 5.32 Å². The van der Waals surface area contributed by atoms with Crippen LogP contribution in [0.4, 0.5) is 0 Å². The summed E-state index contributed by atoms with van der Waals surface area (Å²) in [5.41, 5.74) is 1.40. The predicted molar refractivity (Wildman–Crippen MR) is 40.4 cm³/mol. The first-order valence-corrected chi connectivity index (χ1v) is 3.59. The van der Waals surface area contributed by atoms with Gasteiger partial charge in [-0.2, -0.15) is 5.10 Å².